The molecule has 2 aromatic rings. The number of hydrogen-bond acceptors (Lipinski definition) is 6. The van der Waals surface area contributed by atoms with Gasteiger partial charge >= 0.3 is 18.2 Å². The van der Waals surface area contributed by atoms with Crippen molar-refractivity contribution in [2.75, 3.05) is 26.2 Å². The maximum Gasteiger partial charge on any atom is 0.408 e. The molecule has 9 heteroatoms. The third-order valence-corrected chi connectivity index (χ3v) is 5.75. The second kappa shape index (κ2) is 12.4. The van der Waals surface area contributed by atoms with Crippen molar-refractivity contribution >= 4 is 18.2 Å². The number of carboxylic acids is 1. The van der Waals surface area contributed by atoms with E-state index in [1.165, 1.54) is 11.1 Å². The Balaban J connectivity index is 1.32. The molecule has 0 fully saturated rings. The van der Waals surface area contributed by atoms with E-state index in [0.29, 0.717) is 26.1 Å². The maximum absolute atomic E-state index is 12.2. The topological polar surface area (TPSA) is 126 Å². The van der Waals surface area contributed by atoms with Crippen LogP contribution in [0.15, 0.2) is 48.5 Å². The highest BCUT2D eigenvalue weighted by molar-refractivity contribution is 5.80. The molecule has 36 heavy (non-hydrogen) atoms. The van der Waals surface area contributed by atoms with Gasteiger partial charge in [0.05, 0.1) is 0 Å². The first-order chi connectivity index (χ1) is 17.2. The summed E-state index contributed by atoms with van der Waals surface area (Å²) in [7, 11) is 0. The zero-order valence-corrected chi connectivity index (χ0v) is 21.0. The SMILES string of the molecule is CC(C)(C)OC(=O)N[C@@H](CCCNCCNC(=O)OCC1c2ccccc2-c2ccccc21)C(=O)O. The molecule has 0 saturated carbocycles. The molecule has 4 N–H and O–H groups in total. The van der Waals surface area contributed by atoms with E-state index in [9.17, 15) is 19.5 Å². The molecule has 2 aromatic carbocycles. The number of ether oxygens (including phenoxy) is 2. The van der Waals surface area contributed by atoms with E-state index in [0.717, 1.165) is 11.1 Å². The minimum absolute atomic E-state index is 0.0118. The van der Waals surface area contributed by atoms with Crippen molar-refractivity contribution in [3.05, 3.63) is 59.7 Å². The van der Waals surface area contributed by atoms with E-state index >= 15 is 0 Å². The molecule has 0 radical (unpaired) electrons. The van der Waals surface area contributed by atoms with Crippen LogP contribution in [0.2, 0.25) is 0 Å². The molecule has 194 valence electrons. The van der Waals surface area contributed by atoms with Gasteiger partial charge in [0, 0.05) is 19.0 Å². The second-order valence-electron chi connectivity index (χ2n) is 9.68. The summed E-state index contributed by atoms with van der Waals surface area (Å²) in [5, 5.41) is 17.6. The third-order valence-electron chi connectivity index (χ3n) is 5.75. The van der Waals surface area contributed by atoms with E-state index in [4.69, 9.17) is 9.47 Å². The molecule has 2 amide bonds. The summed E-state index contributed by atoms with van der Waals surface area (Å²) in [4.78, 5) is 35.4. The zero-order valence-electron chi connectivity index (χ0n) is 21.0. The van der Waals surface area contributed by atoms with Crippen molar-refractivity contribution in [2.45, 2.75) is 51.2 Å². The summed E-state index contributed by atoms with van der Waals surface area (Å²) in [5.41, 5.74) is 3.98. The van der Waals surface area contributed by atoms with Crippen LogP contribution < -0.4 is 16.0 Å². The highest BCUT2D eigenvalue weighted by Gasteiger charge is 2.29. The van der Waals surface area contributed by atoms with Crippen molar-refractivity contribution in [3.8, 4) is 11.1 Å². The summed E-state index contributed by atoms with van der Waals surface area (Å²) in [6.07, 6.45) is -0.458. The number of amides is 2. The van der Waals surface area contributed by atoms with Gasteiger partial charge in [0.15, 0.2) is 0 Å². The Bertz CT molecular complexity index is 1020. The predicted molar refractivity (Wildman–Crippen MR) is 136 cm³/mol. The number of carbonyl (C=O) groups is 3. The molecule has 1 atom stereocenters. The number of aliphatic carboxylic acids is 1. The fourth-order valence-electron chi connectivity index (χ4n) is 4.17. The summed E-state index contributed by atoms with van der Waals surface area (Å²) >= 11 is 0. The van der Waals surface area contributed by atoms with Crippen LogP contribution >= 0.6 is 0 Å². The van der Waals surface area contributed by atoms with Gasteiger partial charge in [-0.05, 0) is 62.4 Å². The van der Waals surface area contributed by atoms with Crippen molar-refractivity contribution in [2.24, 2.45) is 0 Å². The van der Waals surface area contributed by atoms with Gasteiger partial charge in [-0.25, -0.2) is 14.4 Å². The first kappa shape index (κ1) is 27.0. The van der Waals surface area contributed by atoms with Crippen molar-refractivity contribution in [3.63, 3.8) is 0 Å². The minimum Gasteiger partial charge on any atom is -0.480 e. The number of nitrogens with one attached hydrogen (secondary N) is 3. The smallest absolute Gasteiger partial charge is 0.408 e. The lowest BCUT2D eigenvalue weighted by molar-refractivity contribution is -0.139. The average Bonchev–Trinajstić information content (AvgIpc) is 3.14. The van der Waals surface area contributed by atoms with Gasteiger partial charge in [-0.1, -0.05) is 48.5 Å². The number of carbonyl (C=O) groups excluding carboxylic acids is 2. The van der Waals surface area contributed by atoms with Gasteiger partial charge in [-0.15, -0.1) is 0 Å². The predicted octanol–water partition coefficient (Wildman–Crippen LogP) is 3.87. The van der Waals surface area contributed by atoms with Crippen LogP contribution in [0.25, 0.3) is 11.1 Å². The molecule has 0 bridgehead atoms. The molecular formula is C27H35N3O6. The van der Waals surface area contributed by atoms with Crippen LogP contribution in [0.5, 0.6) is 0 Å². The van der Waals surface area contributed by atoms with Crippen LogP contribution in [0.1, 0.15) is 50.7 Å². The standard InChI is InChI=1S/C27H35N3O6/c1-27(2,3)36-26(34)30-23(24(31)32)13-8-14-28-15-16-29-25(33)35-17-22-20-11-6-4-9-18(20)19-10-5-7-12-21(19)22/h4-7,9-12,22-23,28H,8,13-17H2,1-3H3,(H,29,33)(H,30,34)(H,31,32)/t23-/m0/s1. The lowest BCUT2D eigenvalue weighted by Gasteiger charge is -2.22. The third kappa shape index (κ3) is 7.71. The van der Waals surface area contributed by atoms with E-state index in [1.807, 2.05) is 24.3 Å². The minimum atomic E-state index is -1.11. The van der Waals surface area contributed by atoms with E-state index in [-0.39, 0.29) is 18.9 Å². The molecule has 0 unspecified atom stereocenters. The molecule has 0 aliphatic heterocycles. The molecule has 1 aliphatic rings. The van der Waals surface area contributed by atoms with Gasteiger partial charge in [0.1, 0.15) is 18.2 Å². The number of rotatable bonds is 11. The van der Waals surface area contributed by atoms with E-state index < -0.39 is 29.8 Å². The first-order valence-corrected chi connectivity index (χ1v) is 12.2. The molecule has 0 aromatic heterocycles. The molecule has 9 nitrogen and oxygen atoms in total. The molecular weight excluding hydrogens is 462 g/mol. The summed E-state index contributed by atoms with van der Waals surface area (Å²) < 4.78 is 10.6. The second-order valence-corrected chi connectivity index (χ2v) is 9.68. The Morgan fingerprint density at radius 1 is 0.917 bits per heavy atom. The summed E-state index contributed by atoms with van der Waals surface area (Å²) in [5.74, 6) is -1.10. The van der Waals surface area contributed by atoms with E-state index in [1.54, 1.807) is 20.8 Å². The van der Waals surface area contributed by atoms with Gasteiger partial charge in [0.2, 0.25) is 0 Å². The average molecular weight is 498 g/mol. The Hall–Kier alpha value is -3.59. The molecule has 3 rings (SSSR count). The van der Waals surface area contributed by atoms with Gasteiger partial charge < -0.3 is 30.5 Å². The maximum atomic E-state index is 12.2. The van der Waals surface area contributed by atoms with Crippen LogP contribution in [-0.2, 0) is 14.3 Å². The largest absolute Gasteiger partial charge is 0.480 e. The quantitative estimate of drug-likeness (QED) is 0.347. The summed E-state index contributed by atoms with van der Waals surface area (Å²) in [6, 6.07) is 15.3. The fourth-order valence-corrected chi connectivity index (χ4v) is 4.17. The lowest BCUT2D eigenvalue weighted by Crippen LogP contribution is -2.43. The van der Waals surface area contributed by atoms with Gasteiger partial charge in [-0.3, -0.25) is 0 Å². The highest BCUT2D eigenvalue weighted by atomic mass is 16.6. The molecule has 0 saturated heterocycles. The Kier molecular flexibility index (Phi) is 9.30. The summed E-state index contributed by atoms with van der Waals surface area (Å²) in [6.45, 7) is 6.80. The number of alkyl carbamates (subject to hydrolysis) is 2. The zero-order chi connectivity index (χ0) is 26.1. The first-order valence-electron chi connectivity index (χ1n) is 12.2. The lowest BCUT2D eigenvalue weighted by atomic mass is 9.98. The van der Waals surface area contributed by atoms with Crippen molar-refractivity contribution in [1.29, 1.82) is 0 Å². The number of hydrogen-bond donors (Lipinski definition) is 4. The van der Waals surface area contributed by atoms with Crippen LogP contribution in [-0.4, -0.2) is 61.1 Å². The van der Waals surface area contributed by atoms with Crippen molar-refractivity contribution in [1.82, 2.24) is 16.0 Å². The van der Waals surface area contributed by atoms with Gasteiger partial charge in [0.25, 0.3) is 0 Å². The normalized spacial score (nSPS) is 13.3. The Morgan fingerprint density at radius 2 is 1.53 bits per heavy atom. The van der Waals surface area contributed by atoms with Gasteiger partial charge in [-0.2, -0.15) is 0 Å². The Morgan fingerprint density at radius 3 is 2.11 bits per heavy atom. The number of benzene rings is 2. The van der Waals surface area contributed by atoms with Crippen LogP contribution in [0, 0.1) is 0 Å². The molecule has 1 aliphatic carbocycles. The number of fused-ring (bicyclic) bond motifs is 3. The van der Waals surface area contributed by atoms with Crippen LogP contribution in [0.3, 0.4) is 0 Å². The fraction of sp³-hybridized carbons (Fsp3) is 0.444. The highest BCUT2D eigenvalue weighted by Crippen LogP contribution is 2.44. The Labute approximate surface area is 211 Å². The van der Waals surface area contributed by atoms with E-state index in [2.05, 4.69) is 40.2 Å². The molecule has 0 heterocycles. The monoisotopic (exact) mass is 497 g/mol. The van der Waals surface area contributed by atoms with Crippen LogP contribution in [0.4, 0.5) is 9.59 Å². The molecule has 0 spiro atoms. The number of carboxylic acid groups (broad SMARTS) is 1. The van der Waals surface area contributed by atoms with Crippen molar-refractivity contribution < 1.29 is 29.0 Å².